The van der Waals surface area contributed by atoms with Gasteiger partial charge in [0.05, 0.1) is 0 Å². The first kappa shape index (κ1) is 16.1. The molecule has 0 saturated carbocycles. The molecule has 0 saturated heterocycles. The molecule has 0 nitrogen and oxygen atoms in total. The van der Waals surface area contributed by atoms with Crippen molar-refractivity contribution in [2.45, 2.75) is 6.42 Å². The number of aryl methyl sites for hydroxylation is 1. The summed E-state index contributed by atoms with van der Waals surface area (Å²) in [5.41, 5.74) is 1.43. The first-order valence-electron chi connectivity index (χ1n) is 8.75. The molecule has 0 heterocycles. The predicted octanol–water partition coefficient (Wildman–Crippen LogP) is 5.52. The molecule has 0 aliphatic carbocycles. The molecular formula is C24H21P. The Bertz CT molecular complexity index is 906. The first-order valence-corrected chi connectivity index (χ1v) is 10.3. The van der Waals surface area contributed by atoms with Crippen LogP contribution in [0.25, 0.3) is 10.8 Å². The molecule has 25 heavy (non-hydrogen) atoms. The maximum absolute atomic E-state index is 2.35. The van der Waals surface area contributed by atoms with Crippen molar-refractivity contribution in [2.24, 2.45) is 0 Å². The summed E-state index contributed by atoms with van der Waals surface area (Å²) in [5, 5.41) is 5.58. The van der Waals surface area contributed by atoms with Crippen molar-refractivity contribution >= 4 is 29.3 Å². The molecule has 4 aromatic carbocycles. The maximum Gasteiger partial charge on any atom is -0.0181 e. The van der Waals surface area contributed by atoms with E-state index in [2.05, 4.69) is 103 Å². The highest BCUT2D eigenvalue weighted by molar-refractivity contribution is 7.73. The van der Waals surface area contributed by atoms with Crippen LogP contribution in [0.3, 0.4) is 0 Å². The van der Waals surface area contributed by atoms with Crippen LogP contribution in [-0.4, -0.2) is 6.16 Å². The Hall–Kier alpha value is -2.43. The summed E-state index contributed by atoms with van der Waals surface area (Å²) >= 11 is 0. The Morgan fingerprint density at radius 2 is 1.08 bits per heavy atom. The van der Waals surface area contributed by atoms with Crippen LogP contribution in [0.15, 0.2) is 103 Å². The largest absolute Gasteiger partial charge is 0.0622 e. The van der Waals surface area contributed by atoms with Gasteiger partial charge in [-0.2, -0.15) is 0 Å². The summed E-state index contributed by atoms with van der Waals surface area (Å²) in [7, 11) is -0.318. The first-order chi connectivity index (χ1) is 12.4. The minimum absolute atomic E-state index is 0.318. The summed E-state index contributed by atoms with van der Waals surface area (Å²) in [4.78, 5) is 0. The summed E-state index contributed by atoms with van der Waals surface area (Å²) in [6, 6.07) is 37.4. The van der Waals surface area contributed by atoms with Crippen LogP contribution in [0.1, 0.15) is 5.56 Å². The zero-order valence-corrected chi connectivity index (χ0v) is 15.1. The summed E-state index contributed by atoms with van der Waals surface area (Å²) in [5.74, 6) is 0. The van der Waals surface area contributed by atoms with Gasteiger partial charge in [0.15, 0.2) is 0 Å². The maximum atomic E-state index is 2.35. The van der Waals surface area contributed by atoms with E-state index in [0.29, 0.717) is 0 Å². The fraction of sp³-hybridized carbons (Fsp3) is 0.0833. The molecule has 0 aromatic heterocycles. The highest BCUT2D eigenvalue weighted by Crippen LogP contribution is 2.34. The van der Waals surface area contributed by atoms with Gasteiger partial charge in [-0.25, -0.2) is 0 Å². The lowest BCUT2D eigenvalue weighted by molar-refractivity contribution is 1.16. The highest BCUT2D eigenvalue weighted by Gasteiger charge is 2.13. The second-order valence-electron chi connectivity index (χ2n) is 6.25. The molecule has 4 rings (SSSR count). The molecule has 0 aliphatic heterocycles. The van der Waals surface area contributed by atoms with E-state index in [-0.39, 0.29) is 7.92 Å². The molecule has 1 heteroatoms. The van der Waals surface area contributed by atoms with Gasteiger partial charge in [0, 0.05) is 0 Å². The second kappa shape index (κ2) is 7.64. The van der Waals surface area contributed by atoms with E-state index >= 15 is 0 Å². The summed E-state index contributed by atoms with van der Waals surface area (Å²) in [6.07, 6.45) is 2.29. The third-order valence-electron chi connectivity index (χ3n) is 4.57. The quantitative estimate of drug-likeness (QED) is 0.420. The molecule has 0 N–H and O–H groups in total. The fourth-order valence-corrected chi connectivity index (χ4v) is 5.62. The molecule has 0 unspecified atom stereocenters. The van der Waals surface area contributed by atoms with Crippen LogP contribution >= 0.6 is 7.92 Å². The lowest BCUT2D eigenvalue weighted by Gasteiger charge is -2.19. The van der Waals surface area contributed by atoms with E-state index in [1.165, 1.54) is 33.1 Å². The van der Waals surface area contributed by atoms with Crippen molar-refractivity contribution in [1.29, 1.82) is 0 Å². The van der Waals surface area contributed by atoms with Gasteiger partial charge >= 0.3 is 0 Å². The van der Waals surface area contributed by atoms with E-state index < -0.39 is 0 Å². The Morgan fingerprint density at radius 1 is 0.520 bits per heavy atom. The van der Waals surface area contributed by atoms with E-state index in [0.717, 1.165) is 6.42 Å². The fourth-order valence-electron chi connectivity index (χ4n) is 3.26. The molecule has 0 spiro atoms. The van der Waals surface area contributed by atoms with Crippen molar-refractivity contribution < 1.29 is 0 Å². The molecule has 0 amide bonds. The summed E-state index contributed by atoms with van der Waals surface area (Å²) < 4.78 is 0. The van der Waals surface area contributed by atoms with Crippen LogP contribution < -0.4 is 10.6 Å². The van der Waals surface area contributed by atoms with Gasteiger partial charge in [-0.05, 0) is 47.4 Å². The van der Waals surface area contributed by atoms with Crippen LogP contribution in [0.4, 0.5) is 0 Å². The smallest absolute Gasteiger partial charge is 0.0181 e. The van der Waals surface area contributed by atoms with Gasteiger partial charge in [0.2, 0.25) is 0 Å². The Morgan fingerprint density at radius 3 is 1.72 bits per heavy atom. The third kappa shape index (κ3) is 3.81. The predicted molar refractivity (Wildman–Crippen MR) is 112 cm³/mol. The minimum Gasteiger partial charge on any atom is -0.0622 e. The molecule has 122 valence electrons. The Labute approximate surface area is 150 Å². The average Bonchev–Trinajstić information content (AvgIpc) is 2.70. The SMILES string of the molecule is c1ccc(P(CCc2ccc3ccccc3c2)c2ccccc2)cc1. The average molecular weight is 340 g/mol. The van der Waals surface area contributed by atoms with Gasteiger partial charge in [0.25, 0.3) is 0 Å². The number of hydrogen-bond acceptors (Lipinski definition) is 0. The molecular weight excluding hydrogens is 319 g/mol. The van der Waals surface area contributed by atoms with Crippen LogP contribution in [-0.2, 0) is 6.42 Å². The van der Waals surface area contributed by atoms with Crippen LogP contribution in [0.2, 0.25) is 0 Å². The van der Waals surface area contributed by atoms with Gasteiger partial charge in [-0.1, -0.05) is 103 Å². The summed E-state index contributed by atoms with van der Waals surface area (Å²) in [6.45, 7) is 0. The lowest BCUT2D eigenvalue weighted by Crippen LogP contribution is -2.14. The number of fused-ring (bicyclic) bond motifs is 1. The number of rotatable bonds is 5. The lowest BCUT2D eigenvalue weighted by atomic mass is 10.1. The van der Waals surface area contributed by atoms with E-state index in [1.54, 1.807) is 0 Å². The standard InChI is InChI=1S/C24H21P/c1-3-11-23(12-4-1)25(24-13-5-2-6-14-24)18-17-20-15-16-21-9-7-8-10-22(21)19-20/h1-16,19H,17-18H2. The Kier molecular flexibility index (Phi) is 4.91. The number of benzene rings is 4. The van der Waals surface area contributed by atoms with Crippen LogP contribution in [0, 0.1) is 0 Å². The van der Waals surface area contributed by atoms with Crippen molar-refractivity contribution in [3.05, 3.63) is 109 Å². The van der Waals surface area contributed by atoms with Gasteiger partial charge in [-0.15, -0.1) is 0 Å². The molecule has 4 aromatic rings. The topological polar surface area (TPSA) is 0 Å². The normalized spacial score (nSPS) is 11.1. The minimum atomic E-state index is -0.318. The monoisotopic (exact) mass is 340 g/mol. The molecule has 0 bridgehead atoms. The van der Waals surface area contributed by atoms with Gasteiger partial charge in [0.1, 0.15) is 0 Å². The zero-order chi connectivity index (χ0) is 16.9. The van der Waals surface area contributed by atoms with Crippen molar-refractivity contribution in [3.8, 4) is 0 Å². The van der Waals surface area contributed by atoms with Gasteiger partial charge < -0.3 is 0 Å². The van der Waals surface area contributed by atoms with Crippen molar-refractivity contribution in [2.75, 3.05) is 6.16 Å². The van der Waals surface area contributed by atoms with E-state index in [9.17, 15) is 0 Å². The van der Waals surface area contributed by atoms with Gasteiger partial charge in [-0.3, -0.25) is 0 Å². The second-order valence-corrected chi connectivity index (χ2v) is 8.59. The molecule has 0 radical (unpaired) electrons. The molecule has 0 atom stereocenters. The molecule has 0 fully saturated rings. The van der Waals surface area contributed by atoms with E-state index in [4.69, 9.17) is 0 Å². The van der Waals surface area contributed by atoms with E-state index in [1.807, 2.05) is 0 Å². The zero-order valence-electron chi connectivity index (χ0n) is 14.2. The highest BCUT2D eigenvalue weighted by atomic mass is 31.1. The number of hydrogen-bond donors (Lipinski definition) is 0. The third-order valence-corrected chi connectivity index (χ3v) is 7.09. The van der Waals surface area contributed by atoms with Crippen LogP contribution in [0.5, 0.6) is 0 Å². The van der Waals surface area contributed by atoms with Crippen molar-refractivity contribution in [3.63, 3.8) is 0 Å². The van der Waals surface area contributed by atoms with Crippen molar-refractivity contribution in [1.82, 2.24) is 0 Å². The molecule has 0 aliphatic rings. The Balaban J connectivity index is 1.60.